The van der Waals surface area contributed by atoms with Crippen LogP contribution in [0, 0.1) is 5.92 Å². The Hall–Kier alpha value is -2.10. The quantitative estimate of drug-likeness (QED) is 0.853. The highest BCUT2D eigenvalue weighted by Gasteiger charge is 2.30. The Bertz CT molecular complexity index is 745. The van der Waals surface area contributed by atoms with Gasteiger partial charge in [-0.25, -0.2) is 0 Å². The smallest absolute Gasteiger partial charge is 0.223 e. The van der Waals surface area contributed by atoms with E-state index in [9.17, 15) is 4.79 Å². The van der Waals surface area contributed by atoms with Crippen LogP contribution in [0.2, 0.25) is 0 Å². The van der Waals surface area contributed by atoms with Crippen LogP contribution in [0.3, 0.4) is 0 Å². The summed E-state index contributed by atoms with van der Waals surface area (Å²) in [5.74, 6) is 1.15. The zero-order chi connectivity index (χ0) is 17.2. The van der Waals surface area contributed by atoms with Gasteiger partial charge in [-0.15, -0.1) is 0 Å². The lowest BCUT2D eigenvalue weighted by Gasteiger charge is -2.35. The van der Waals surface area contributed by atoms with Crippen molar-refractivity contribution in [3.63, 3.8) is 0 Å². The molecular formula is C21H27N3O. The topological polar surface area (TPSA) is 38.1 Å². The van der Waals surface area contributed by atoms with Crippen LogP contribution in [-0.4, -0.2) is 27.1 Å². The Morgan fingerprint density at radius 1 is 1.20 bits per heavy atom. The molecule has 0 N–H and O–H groups in total. The summed E-state index contributed by atoms with van der Waals surface area (Å²) < 4.78 is 1.85. The number of aromatic nitrogens is 2. The van der Waals surface area contributed by atoms with Crippen LogP contribution in [0.4, 0.5) is 0 Å². The van der Waals surface area contributed by atoms with Crippen molar-refractivity contribution in [2.75, 3.05) is 6.54 Å². The molecular weight excluding hydrogens is 310 g/mol. The fourth-order valence-electron chi connectivity index (χ4n) is 4.47. The van der Waals surface area contributed by atoms with Crippen molar-refractivity contribution in [2.45, 2.75) is 51.0 Å². The normalized spacial score (nSPS) is 21.2. The van der Waals surface area contributed by atoms with E-state index < -0.39 is 0 Å². The number of nitrogens with zero attached hydrogens (tertiary/aromatic N) is 3. The molecule has 1 fully saturated rings. The lowest BCUT2D eigenvalue weighted by molar-refractivity contribution is -0.133. The number of hydrogen-bond donors (Lipinski definition) is 0. The van der Waals surface area contributed by atoms with Gasteiger partial charge in [0.15, 0.2) is 0 Å². The molecule has 2 aliphatic rings. The van der Waals surface area contributed by atoms with Gasteiger partial charge in [0.1, 0.15) is 0 Å². The van der Waals surface area contributed by atoms with Crippen LogP contribution in [0.25, 0.3) is 0 Å². The second-order valence-electron chi connectivity index (χ2n) is 7.68. The molecule has 4 heteroatoms. The summed E-state index contributed by atoms with van der Waals surface area (Å²) in [6, 6.07) is 8.55. The van der Waals surface area contributed by atoms with Crippen LogP contribution < -0.4 is 0 Å². The van der Waals surface area contributed by atoms with E-state index >= 15 is 0 Å². The Morgan fingerprint density at radius 3 is 2.76 bits per heavy atom. The predicted octanol–water partition coefficient (Wildman–Crippen LogP) is 3.86. The SMILES string of the molecule is Cn1cc(C2CN(C(=O)CC3CCCCC3)Cc3ccccc32)cn1. The summed E-state index contributed by atoms with van der Waals surface area (Å²) in [7, 11) is 1.95. The van der Waals surface area contributed by atoms with Gasteiger partial charge in [-0.1, -0.05) is 43.5 Å². The molecule has 1 aromatic carbocycles. The fraction of sp³-hybridized carbons (Fsp3) is 0.524. The van der Waals surface area contributed by atoms with Crippen molar-refractivity contribution in [2.24, 2.45) is 13.0 Å². The standard InChI is InChI=1S/C21H27N3O/c1-23-13-18(12-22-23)20-15-24(14-17-9-5-6-10-19(17)20)21(25)11-16-7-3-2-4-8-16/h5-6,9-10,12-13,16,20H,2-4,7-8,11,14-15H2,1H3. The third-order valence-corrected chi connectivity index (χ3v) is 5.86. The maximum Gasteiger partial charge on any atom is 0.223 e. The molecule has 0 radical (unpaired) electrons. The van der Waals surface area contributed by atoms with Crippen molar-refractivity contribution in [1.29, 1.82) is 0 Å². The van der Waals surface area contributed by atoms with Gasteiger partial charge in [0, 0.05) is 38.7 Å². The lowest BCUT2D eigenvalue weighted by Crippen LogP contribution is -2.39. The summed E-state index contributed by atoms with van der Waals surface area (Å²) >= 11 is 0. The minimum absolute atomic E-state index is 0.231. The number of amides is 1. The number of benzene rings is 1. The Labute approximate surface area is 149 Å². The molecule has 1 unspecified atom stereocenters. The Morgan fingerprint density at radius 2 is 2.00 bits per heavy atom. The molecule has 0 saturated heterocycles. The molecule has 0 spiro atoms. The second kappa shape index (κ2) is 7.03. The molecule has 1 atom stereocenters. The van der Waals surface area contributed by atoms with Crippen LogP contribution in [0.1, 0.15) is 61.1 Å². The van der Waals surface area contributed by atoms with Crippen LogP contribution >= 0.6 is 0 Å². The first-order chi connectivity index (χ1) is 12.2. The summed E-state index contributed by atoms with van der Waals surface area (Å²) in [5.41, 5.74) is 3.82. The second-order valence-corrected chi connectivity index (χ2v) is 7.68. The van der Waals surface area contributed by atoms with Crippen molar-refractivity contribution < 1.29 is 4.79 Å². The van der Waals surface area contributed by atoms with E-state index in [2.05, 4.69) is 40.5 Å². The highest BCUT2D eigenvalue weighted by atomic mass is 16.2. The van der Waals surface area contributed by atoms with Gasteiger partial charge in [-0.2, -0.15) is 5.10 Å². The molecule has 2 aromatic rings. The molecule has 1 aliphatic carbocycles. The zero-order valence-corrected chi connectivity index (χ0v) is 15.0. The third kappa shape index (κ3) is 3.48. The zero-order valence-electron chi connectivity index (χ0n) is 15.0. The average Bonchev–Trinajstić information content (AvgIpc) is 3.08. The number of carbonyl (C=O) groups excluding carboxylic acids is 1. The Balaban J connectivity index is 1.55. The van der Waals surface area contributed by atoms with E-state index in [1.54, 1.807) is 0 Å². The number of hydrogen-bond acceptors (Lipinski definition) is 2. The van der Waals surface area contributed by atoms with E-state index in [0.29, 0.717) is 11.8 Å². The molecule has 1 aliphatic heterocycles. The molecule has 132 valence electrons. The molecule has 4 rings (SSSR count). The average molecular weight is 337 g/mol. The van der Waals surface area contributed by atoms with Crippen LogP contribution in [0.15, 0.2) is 36.7 Å². The van der Waals surface area contributed by atoms with Gasteiger partial charge in [-0.05, 0) is 35.4 Å². The van der Waals surface area contributed by atoms with Gasteiger partial charge in [-0.3, -0.25) is 9.48 Å². The van der Waals surface area contributed by atoms with E-state index in [1.807, 2.05) is 17.9 Å². The van der Waals surface area contributed by atoms with E-state index in [1.165, 1.54) is 48.8 Å². The van der Waals surface area contributed by atoms with E-state index in [-0.39, 0.29) is 5.92 Å². The first-order valence-corrected chi connectivity index (χ1v) is 9.55. The summed E-state index contributed by atoms with van der Waals surface area (Å²) in [5, 5.41) is 4.34. The molecule has 2 heterocycles. The Kier molecular flexibility index (Phi) is 4.60. The van der Waals surface area contributed by atoms with Crippen LogP contribution in [-0.2, 0) is 18.4 Å². The maximum absolute atomic E-state index is 13.0. The molecule has 1 amide bonds. The third-order valence-electron chi connectivity index (χ3n) is 5.86. The molecule has 1 aromatic heterocycles. The highest BCUT2D eigenvalue weighted by molar-refractivity contribution is 5.77. The minimum atomic E-state index is 0.231. The maximum atomic E-state index is 13.0. The number of aryl methyl sites for hydroxylation is 1. The number of rotatable bonds is 3. The van der Waals surface area contributed by atoms with Crippen molar-refractivity contribution in [1.82, 2.24) is 14.7 Å². The van der Waals surface area contributed by atoms with E-state index in [0.717, 1.165) is 19.5 Å². The van der Waals surface area contributed by atoms with Gasteiger partial charge in [0.2, 0.25) is 5.91 Å². The van der Waals surface area contributed by atoms with Gasteiger partial charge in [0.25, 0.3) is 0 Å². The number of carbonyl (C=O) groups is 1. The lowest BCUT2D eigenvalue weighted by atomic mass is 9.84. The van der Waals surface area contributed by atoms with E-state index in [4.69, 9.17) is 0 Å². The van der Waals surface area contributed by atoms with Gasteiger partial charge >= 0.3 is 0 Å². The fourth-order valence-corrected chi connectivity index (χ4v) is 4.47. The monoisotopic (exact) mass is 337 g/mol. The first-order valence-electron chi connectivity index (χ1n) is 9.55. The number of fused-ring (bicyclic) bond motifs is 1. The van der Waals surface area contributed by atoms with Gasteiger partial charge in [0.05, 0.1) is 6.20 Å². The molecule has 25 heavy (non-hydrogen) atoms. The van der Waals surface area contributed by atoms with Crippen LogP contribution in [0.5, 0.6) is 0 Å². The summed E-state index contributed by atoms with van der Waals surface area (Å²) in [6.07, 6.45) is 11.1. The first kappa shape index (κ1) is 16.4. The predicted molar refractivity (Wildman–Crippen MR) is 98.1 cm³/mol. The van der Waals surface area contributed by atoms with Gasteiger partial charge < -0.3 is 4.90 Å². The van der Waals surface area contributed by atoms with Crippen molar-refractivity contribution >= 4 is 5.91 Å². The summed E-state index contributed by atoms with van der Waals surface area (Å²) in [6.45, 7) is 1.52. The molecule has 0 bridgehead atoms. The highest BCUT2D eigenvalue weighted by Crippen LogP contribution is 2.34. The molecule has 4 nitrogen and oxygen atoms in total. The van der Waals surface area contributed by atoms with Crippen molar-refractivity contribution in [3.8, 4) is 0 Å². The molecule has 1 saturated carbocycles. The largest absolute Gasteiger partial charge is 0.337 e. The minimum Gasteiger partial charge on any atom is -0.337 e. The van der Waals surface area contributed by atoms with Crippen molar-refractivity contribution in [3.05, 3.63) is 53.3 Å². The summed E-state index contributed by atoms with van der Waals surface area (Å²) in [4.78, 5) is 15.0.